The van der Waals surface area contributed by atoms with Crippen molar-refractivity contribution in [3.8, 4) is 0 Å². The van der Waals surface area contributed by atoms with Gasteiger partial charge in [0.1, 0.15) is 0 Å². The maximum Gasteiger partial charge on any atom is 0.269 e. The minimum atomic E-state index is -0.269. The molecule has 0 radical (unpaired) electrons. The minimum absolute atomic E-state index is 0.219. The fourth-order valence-electron chi connectivity index (χ4n) is 5.78. The van der Waals surface area contributed by atoms with Gasteiger partial charge in [0.05, 0.1) is 11.0 Å². The molecule has 2 saturated carbocycles. The summed E-state index contributed by atoms with van der Waals surface area (Å²) in [5, 5.41) is 15.0. The van der Waals surface area contributed by atoms with Gasteiger partial charge in [0.2, 0.25) is 0 Å². The van der Waals surface area contributed by atoms with E-state index >= 15 is 0 Å². The molecule has 4 heteroatoms. The van der Waals surface area contributed by atoms with E-state index in [0.29, 0.717) is 23.8 Å². The van der Waals surface area contributed by atoms with Crippen molar-refractivity contribution in [2.75, 3.05) is 5.32 Å². The first-order valence-corrected chi connectivity index (χ1v) is 9.23. The van der Waals surface area contributed by atoms with Gasteiger partial charge in [-0.1, -0.05) is 29.8 Å². The second-order valence-corrected chi connectivity index (χ2v) is 8.00. The standard InChI is InChI=1S/C21H22N2O2/c1-12-3-2-4-15(9-12)21-20-14-6-5-13(10-14)19(20)17-11-16(23(24)25)7-8-18(17)22-21/h2-4,7-9,11,13-14,19-22H,5-6,10H2,1H3/t13-,14+,19+,20-,21-/m0/s1. The molecule has 0 saturated heterocycles. The van der Waals surface area contributed by atoms with E-state index in [2.05, 4.69) is 36.5 Å². The monoisotopic (exact) mass is 334 g/mol. The third-order valence-electron chi connectivity index (χ3n) is 6.68. The van der Waals surface area contributed by atoms with E-state index in [1.165, 1.54) is 36.0 Å². The molecule has 5 rings (SSSR count). The summed E-state index contributed by atoms with van der Waals surface area (Å²) in [5.41, 5.74) is 5.12. The number of aryl methyl sites for hydroxylation is 1. The van der Waals surface area contributed by atoms with Crippen LogP contribution in [0.3, 0.4) is 0 Å². The summed E-state index contributed by atoms with van der Waals surface area (Å²) < 4.78 is 0. The molecule has 2 fully saturated rings. The summed E-state index contributed by atoms with van der Waals surface area (Å²) >= 11 is 0. The van der Waals surface area contributed by atoms with Gasteiger partial charge in [-0.2, -0.15) is 0 Å². The molecule has 0 spiro atoms. The molecular weight excluding hydrogens is 312 g/mol. The highest BCUT2D eigenvalue weighted by Gasteiger charge is 2.54. The van der Waals surface area contributed by atoms with Crippen molar-refractivity contribution in [2.24, 2.45) is 17.8 Å². The van der Waals surface area contributed by atoms with Crippen molar-refractivity contribution < 1.29 is 4.92 Å². The molecule has 4 nitrogen and oxygen atoms in total. The highest BCUT2D eigenvalue weighted by molar-refractivity contribution is 5.62. The van der Waals surface area contributed by atoms with Gasteiger partial charge in [-0.3, -0.25) is 10.1 Å². The highest BCUT2D eigenvalue weighted by Crippen LogP contribution is 2.63. The molecule has 2 aromatic rings. The fraction of sp³-hybridized carbons (Fsp3) is 0.429. The first kappa shape index (κ1) is 14.9. The number of fused-ring (bicyclic) bond motifs is 7. The molecule has 2 aliphatic carbocycles. The zero-order chi connectivity index (χ0) is 17.1. The van der Waals surface area contributed by atoms with E-state index in [-0.39, 0.29) is 10.6 Å². The van der Waals surface area contributed by atoms with Crippen molar-refractivity contribution in [2.45, 2.75) is 38.1 Å². The van der Waals surface area contributed by atoms with Crippen LogP contribution in [-0.2, 0) is 0 Å². The number of nitrogens with zero attached hydrogens (tertiary/aromatic N) is 1. The van der Waals surface area contributed by atoms with E-state index in [0.717, 1.165) is 11.6 Å². The van der Waals surface area contributed by atoms with E-state index < -0.39 is 0 Å². The second-order valence-electron chi connectivity index (χ2n) is 8.00. The lowest BCUT2D eigenvalue weighted by Crippen LogP contribution is -2.35. The molecule has 25 heavy (non-hydrogen) atoms. The Labute approximate surface area is 147 Å². The normalized spacial score (nSPS) is 32.0. The van der Waals surface area contributed by atoms with Gasteiger partial charge < -0.3 is 5.32 Å². The van der Waals surface area contributed by atoms with Crippen LogP contribution in [0.2, 0.25) is 0 Å². The Balaban J connectivity index is 1.64. The molecule has 0 unspecified atom stereocenters. The number of nitro benzene ring substituents is 1. The maximum absolute atomic E-state index is 11.2. The minimum Gasteiger partial charge on any atom is -0.378 e. The van der Waals surface area contributed by atoms with Gasteiger partial charge >= 0.3 is 0 Å². The van der Waals surface area contributed by atoms with Crippen LogP contribution < -0.4 is 5.32 Å². The van der Waals surface area contributed by atoms with Crippen LogP contribution in [0.5, 0.6) is 0 Å². The van der Waals surface area contributed by atoms with Crippen molar-refractivity contribution in [1.82, 2.24) is 0 Å². The van der Waals surface area contributed by atoms with E-state index in [9.17, 15) is 10.1 Å². The largest absolute Gasteiger partial charge is 0.378 e. The number of anilines is 1. The molecule has 2 bridgehead atoms. The molecule has 128 valence electrons. The fourth-order valence-corrected chi connectivity index (χ4v) is 5.78. The van der Waals surface area contributed by atoms with Gasteiger partial charge in [0.15, 0.2) is 0 Å². The number of nitrogens with one attached hydrogen (secondary N) is 1. The number of non-ortho nitro benzene ring substituents is 1. The Morgan fingerprint density at radius 1 is 1.12 bits per heavy atom. The predicted molar refractivity (Wildman–Crippen MR) is 97.7 cm³/mol. The number of hydrogen-bond acceptors (Lipinski definition) is 3. The zero-order valence-corrected chi connectivity index (χ0v) is 14.3. The first-order chi connectivity index (χ1) is 12.1. The summed E-state index contributed by atoms with van der Waals surface area (Å²) in [5.74, 6) is 2.43. The Morgan fingerprint density at radius 3 is 2.76 bits per heavy atom. The van der Waals surface area contributed by atoms with Crippen LogP contribution >= 0.6 is 0 Å². The number of benzene rings is 2. The van der Waals surface area contributed by atoms with Gasteiger partial charge in [-0.25, -0.2) is 0 Å². The molecule has 3 aliphatic rings. The summed E-state index contributed by atoms with van der Waals surface area (Å²) in [6.07, 6.45) is 3.86. The smallest absolute Gasteiger partial charge is 0.269 e. The molecule has 1 N–H and O–H groups in total. The summed E-state index contributed by atoms with van der Waals surface area (Å²) in [7, 11) is 0. The van der Waals surface area contributed by atoms with Gasteiger partial charge in [0.25, 0.3) is 5.69 Å². The molecule has 0 amide bonds. The lowest BCUT2D eigenvalue weighted by Gasteiger charge is -2.43. The van der Waals surface area contributed by atoms with Crippen LogP contribution in [0.15, 0.2) is 42.5 Å². The molecule has 5 atom stereocenters. The van der Waals surface area contributed by atoms with Gasteiger partial charge in [-0.05, 0) is 67.1 Å². The van der Waals surface area contributed by atoms with E-state index in [1.54, 1.807) is 6.07 Å². The lowest BCUT2D eigenvalue weighted by molar-refractivity contribution is -0.384. The van der Waals surface area contributed by atoms with Gasteiger partial charge in [-0.15, -0.1) is 0 Å². The zero-order valence-electron chi connectivity index (χ0n) is 14.3. The van der Waals surface area contributed by atoms with Crippen LogP contribution in [-0.4, -0.2) is 4.92 Å². The second kappa shape index (κ2) is 5.32. The average Bonchev–Trinajstić information content (AvgIpc) is 3.22. The number of nitro groups is 1. The van der Waals surface area contributed by atoms with Crippen LogP contribution in [0.25, 0.3) is 0 Å². The van der Waals surface area contributed by atoms with Crippen molar-refractivity contribution in [1.29, 1.82) is 0 Å². The quantitative estimate of drug-likeness (QED) is 0.606. The Morgan fingerprint density at radius 2 is 1.96 bits per heavy atom. The summed E-state index contributed by atoms with van der Waals surface area (Å²) in [6.45, 7) is 2.14. The molecule has 1 heterocycles. The molecular formula is C21H22N2O2. The maximum atomic E-state index is 11.2. The lowest BCUT2D eigenvalue weighted by atomic mass is 9.68. The van der Waals surface area contributed by atoms with Crippen molar-refractivity contribution >= 4 is 11.4 Å². The van der Waals surface area contributed by atoms with Gasteiger partial charge in [0, 0.05) is 17.8 Å². The van der Waals surface area contributed by atoms with Crippen LogP contribution in [0.1, 0.15) is 47.9 Å². The highest BCUT2D eigenvalue weighted by atomic mass is 16.6. The third kappa shape index (κ3) is 2.20. The topological polar surface area (TPSA) is 55.2 Å². The SMILES string of the molecule is Cc1cccc([C@@H]2Nc3ccc([N+](=O)[O-])cc3[C@H]3[C@H]4CC[C@H](C4)[C@@H]32)c1. The Hall–Kier alpha value is -2.36. The Kier molecular flexibility index (Phi) is 3.18. The van der Waals surface area contributed by atoms with E-state index in [4.69, 9.17) is 0 Å². The van der Waals surface area contributed by atoms with Crippen LogP contribution in [0.4, 0.5) is 11.4 Å². The predicted octanol–water partition coefficient (Wildman–Crippen LogP) is 5.20. The van der Waals surface area contributed by atoms with E-state index in [1.807, 2.05) is 12.1 Å². The number of rotatable bonds is 2. The third-order valence-corrected chi connectivity index (χ3v) is 6.68. The first-order valence-electron chi connectivity index (χ1n) is 9.23. The molecule has 1 aliphatic heterocycles. The Bertz CT molecular complexity index is 863. The van der Waals surface area contributed by atoms with Crippen LogP contribution in [0, 0.1) is 34.8 Å². The number of hydrogen-bond donors (Lipinski definition) is 1. The molecule has 0 aromatic heterocycles. The van der Waals surface area contributed by atoms with Crippen molar-refractivity contribution in [3.05, 3.63) is 69.3 Å². The summed E-state index contributed by atoms with van der Waals surface area (Å²) in [4.78, 5) is 11.0. The molecule has 2 aromatic carbocycles. The summed E-state index contributed by atoms with van der Waals surface area (Å²) in [6, 6.07) is 14.5. The van der Waals surface area contributed by atoms with Crippen molar-refractivity contribution in [3.63, 3.8) is 0 Å². The average molecular weight is 334 g/mol.